The maximum atomic E-state index is 12.7. The molecule has 30 heavy (non-hydrogen) atoms. The summed E-state index contributed by atoms with van der Waals surface area (Å²) in [5.41, 5.74) is 0.0139. The summed E-state index contributed by atoms with van der Waals surface area (Å²) in [6, 6.07) is 0. The topological polar surface area (TPSA) is 49.3 Å². The lowest BCUT2D eigenvalue weighted by Gasteiger charge is -2.61. The molecule has 0 heterocycles. The Morgan fingerprint density at radius 1 is 0.867 bits per heavy atom. The molecule has 0 aromatic rings. The van der Waals surface area contributed by atoms with Gasteiger partial charge in [-0.15, -0.1) is 0 Å². The summed E-state index contributed by atoms with van der Waals surface area (Å²) < 4.78 is 0. The van der Waals surface area contributed by atoms with E-state index in [-0.39, 0.29) is 0 Å². The van der Waals surface area contributed by atoms with Gasteiger partial charge in [-0.1, -0.05) is 26.2 Å². The molecule has 0 aromatic heterocycles. The smallest absolute Gasteiger partial charge is 0.223 e. The second kappa shape index (κ2) is 8.09. The van der Waals surface area contributed by atoms with Crippen molar-refractivity contribution in [2.45, 2.75) is 109 Å². The molecule has 0 aromatic carbocycles. The van der Waals surface area contributed by atoms with Crippen molar-refractivity contribution in [1.29, 1.82) is 0 Å². The minimum Gasteiger partial charge on any atom is -0.390 e. The van der Waals surface area contributed by atoms with Crippen molar-refractivity contribution in [1.82, 2.24) is 5.32 Å². The van der Waals surface area contributed by atoms with E-state index in [0.29, 0.717) is 23.2 Å². The Kier molecular flexibility index (Phi) is 5.74. The van der Waals surface area contributed by atoms with Gasteiger partial charge < -0.3 is 10.4 Å². The van der Waals surface area contributed by atoms with E-state index in [9.17, 15) is 9.90 Å². The highest BCUT2D eigenvalue weighted by Crippen LogP contribution is 2.63. The van der Waals surface area contributed by atoms with E-state index < -0.39 is 5.60 Å². The van der Waals surface area contributed by atoms with Crippen LogP contribution in [-0.2, 0) is 4.79 Å². The minimum absolute atomic E-state index is 0.298. The number of aliphatic hydroxyl groups is 1. The third-order valence-electron chi connectivity index (χ3n) is 10.9. The van der Waals surface area contributed by atoms with Gasteiger partial charge in [-0.05, 0) is 118 Å². The summed E-state index contributed by atoms with van der Waals surface area (Å²) in [5, 5.41) is 14.0. The van der Waals surface area contributed by atoms with E-state index in [4.69, 9.17) is 0 Å². The van der Waals surface area contributed by atoms with Crippen LogP contribution in [0.2, 0.25) is 0 Å². The third kappa shape index (κ3) is 3.76. The van der Waals surface area contributed by atoms with Crippen molar-refractivity contribution >= 4 is 5.91 Å². The van der Waals surface area contributed by atoms with Crippen LogP contribution in [0, 0.1) is 46.8 Å². The molecular weight excluding hydrogens is 370 g/mol. The molecule has 0 saturated heterocycles. The molecule has 1 unspecified atom stereocenters. The molecule has 0 spiro atoms. The Balaban J connectivity index is 1.26. The number of carbonyl (C=O) groups is 1. The van der Waals surface area contributed by atoms with Gasteiger partial charge in [-0.3, -0.25) is 4.79 Å². The van der Waals surface area contributed by atoms with Crippen LogP contribution >= 0.6 is 0 Å². The Hall–Kier alpha value is -0.570. The van der Waals surface area contributed by atoms with Gasteiger partial charge in [0.15, 0.2) is 0 Å². The van der Waals surface area contributed by atoms with Gasteiger partial charge in [0.2, 0.25) is 5.91 Å². The average Bonchev–Trinajstić information content (AvgIpc) is 3.25. The largest absolute Gasteiger partial charge is 0.390 e. The lowest BCUT2D eigenvalue weighted by molar-refractivity contribution is -0.131. The highest BCUT2D eigenvalue weighted by Gasteiger charge is 2.56. The van der Waals surface area contributed by atoms with Gasteiger partial charge in [-0.2, -0.15) is 0 Å². The van der Waals surface area contributed by atoms with Crippen molar-refractivity contribution in [2.75, 3.05) is 6.54 Å². The summed E-state index contributed by atoms with van der Waals surface area (Å²) in [6.07, 6.45) is 17.6. The maximum absolute atomic E-state index is 12.7. The highest BCUT2D eigenvalue weighted by atomic mass is 16.3. The quantitative estimate of drug-likeness (QED) is 0.621. The number of amides is 1. The van der Waals surface area contributed by atoms with Gasteiger partial charge in [-0.25, -0.2) is 0 Å². The Bertz CT molecular complexity index is 639. The molecule has 3 nitrogen and oxygen atoms in total. The molecule has 0 radical (unpaired) electrons. The van der Waals surface area contributed by atoms with Crippen LogP contribution in [0.4, 0.5) is 0 Å². The van der Waals surface area contributed by atoms with E-state index in [2.05, 4.69) is 19.2 Å². The first-order valence-corrected chi connectivity index (χ1v) is 13.4. The molecule has 5 rings (SSSR count). The van der Waals surface area contributed by atoms with Crippen LogP contribution in [0.15, 0.2) is 0 Å². The number of nitrogens with one attached hydrogen (secondary N) is 1. The Morgan fingerprint density at radius 3 is 2.43 bits per heavy atom. The van der Waals surface area contributed by atoms with Crippen LogP contribution in [-0.4, -0.2) is 23.2 Å². The lowest BCUT2D eigenvalue weighted by atomic mass is 9.45. The average molecular weight is 416 g/mol. The van der Waals surface area contributed by atoms with Crippen LogP contribution in [0.1, 0.15) is 104 Å². The number of rotatable bonds is 3. The second-order valence-electron chi connectivity index (χ2n) is 12.6. The van der Waals surface area contributed by atoms with Gasteiger partial charge in [0.1, 0.15) is 0 Å². The van der Waals surface area contributed by atoms with Crippen molar-refractivity contribution < 1.29 is 9.90 Å². The summed E-state index contributed by atoms with van der Waals surface area (Å²) in [6.45, 7) is 5.59. The fourth-order valence-electron chi connectivity index (χ4n) is 9.29. The first kappa shape index (κ1) is 21.3. The van der Waals surface area contributed by atoms with E-state index in [1.165, 1.54) is 64.2 Å². The van der Waals surface area contributed by atoms with Crippen molar-refractivity contribution in [3.05, 3.63) is 0 Å². The normalized spacial score (nSPS) is 49.0. The van der Waals surface area contributed by atoms with Crippen LogP contribution in [0.5, 0.6) is 0 Å². The lowest BCUT2D eigenvalue weighted by Crippen LogP contribution is -2.55. The molecule has 2 N–H and O–H groups in total. The highest BCUT2D eigenvalue weighted by molar-refractivity contribution is 5.78. The first-order valence-electron chi connectivity index (χ1n) is 13.4. The fourth-order valence-corrected chi connectivity index (χ4v) is 9.29. The Labute approximate surface area is 184 Å². The monoisotopic (exact) mass is 415 g/mol. The van der Waals surface area contributed by atoms with Crippen molar-refractivity contribution in [2.24, 2.45) is 46.8 Å². The SMILES string of the molecule is C[C@@]1(O)CC[C@H]2C(CC[C@@H]3[C@@H]2CC[C@]2(C)[C@@H](CNC(=O)C4CCCC4)CCC[C@@H]32)C1. The molecule has 1 amide bonds. The standard InChI is InChI=1S/C27H45NO2/c1-26(30)14-12-21-19(16-26)10-11-23-22(21)13-15-27(2)20(8-5-9-24(23)27)17-28-25(29)18-6-3-4-7-18/h18-24,30H,3-17H2,1-2H3,(H,28,29)/t19?,20-,21+,22-,23-,24+,26-,27-/m1/s1. The molecule has 5 aliphatic carbocycles. The second-order valence-corrected chi connectivity index (χ2v) is 12.6. The van der Waals surface area contributed by atoms with E-state index >= 15 is 0 Å². The van der Waals surface area contributed by atoms with Gasteiger partial charge in [0.25, 0.3) is 0 Å². The van der Waals surface area contributed by atoms with Crippen LogP contribution < -0.4 is 5.32 Å². The van der Waals surface area contributed by atoms with E-state index in [1.807, 2.05) is 0 Å². The third-order valence-corrected chi connectivity index (χ3v) is 10.9. The molecule has 0 bridgehead atoms. The molecule has 8 atom stereocenters. The fraction of sp³-hybridized carbons (Fsp3) is 0.963. The summed E-state index contributed by atoms with van der Waals surface area (Å²) >= 11 is 0. The summed E-state index contributed by atoms with van der Waals surface area (Å²) in [4.78, 5) is 12.7. The minimum atomic E-state index is -0.412. The molecular formula is C27H45NO2. The van der Waals surface area contributed by atoms with E-state index in [0.717, 1.165) is 61.8 Å². The molecule has 5 fully saturated rings. The number of hydrogen-bond donors (Lipinski definition) is 2. The molecule has 0 aliphatic heterocycles. The molecule has 3 heteroatoms. The van der Waals surface area contributed by atoms with Gasteiger partial charge >= 0.3 is 0 Å². The maximum Gasteiger partial charge on any atom is 0.223 e. The van der Waals surface area contributed by atoms with Crippen molar-refractivity contribution in [3.63, 3.8) is 0 Å². The van der Waals surface area contributed by atoms with Crippen LogP contribution in [0.3, 0.4) is 0 Å². The summed E-state index contributed by atoms with van der Waals surface area (Å²) in [5.74, 6) is 5.63. The number of fused-ring (bicyclic) bond motifs is 5. The Morgan fingerprint density at radius 2 is 1.63 bits per heavy atom. The molecule has 5 saturated carbocycles. The first-order chi connectivity index (χ1) is 14.4. The number of hydrogen-bond acceptors (Lipinski definition) is 2. The zero-order valence-corrected chi connectivity index (χ0v) is 19.5. The predicted molar refractivity (Wildman–Crippen MR) is 121 cm³/mol. The van der Waals surface area contributed by atoms with Crippen molar-refractivity contribution in [3.8, 4) is 0 Å². The zero-order chi connectivity index (χ0) is 20.9. The van der Waals surface area contributed by atoms with Crippen LogP contribution in [0.25, 0.3) is 0 Å². The summed E-state index contributed by atoms with van der Waals surface area (Å²) in [7, 11) is 0. The zero-order valence-electron chi connectivity index (χ0n) is 19.5. The molecule has 170 valence electrons. The predicted octanol–water partition coefficient (Wildman–Crippen LogP) is 5.70. The molecule has 5 aliphatic rings. The van der Waals surface area contributed by atoms with Gasteiger partial charge in [0, 0.05) is 12.5 Å². The number of carbonyl (C=O) groups excluding carboxylic acids is 1. The van der Waals surface area contributed by atoms with Gasteiger partial charge in [0.05, 0.1) is 5.60 Å². The van der Waals surface area contributed by atoms with E-state index in [1.54, 1.807) is 0 Å².